The Kier molecular flexibility index (Phi) is 4.57. The second kappa shape index (κ2) is 6.78. The third kappa shape index (κ3) is 3.50. The minimum absolute atomic E-state index is 0.186. The maximum absolute atomic E-state index is 13.6. The Hall–Kier alpha value is -2.41. The molecule has 5 nitrogen and oxygen atoms in total. The SMILES string of the molecule is CC[C@H](Sc1nc2ccncc2[nH]1)C(=O)Nc1ccccc1F. The van der Waals surface area contributed by atoms with Gasteiger partial charge in [0.25, 0.3) is 0 Å². The Morgan fingerprint density at radius 3 is 2.96 bits per heavy atom. The first-order valence-electron chi connectivity index (χ1n) is 7.19. The molecule has 0 bridgehead atoms. The van der Waals surface area contributed by atoms with Crippen molar-refractivity contribution in [2.24, 2.45) is 0 Å². The number of carbonyl (C=O) groups excluding carboxylic acids is 1. The van der Waals surface area contributed by atoms with Gasteiger partial charge >= 0.3 is 0 Å². The number of rotatable bonds is 5. The fourth-order valence-corrected chi connectivity index (χ4v) is 3.04. The zero-order valence-corrected chi connectivity index (χ0v) is 13.2. The Morgan fingerprint density at radius 2 is 2.22 bits per heavy atom. The Labute approximate surface area is 136 Å². The number of halogens is 1. The second-order valence-corrected chi connectivity index (χ2v) is 6.11. The van der Waals surface area contributed by atoms with Crippen molar-refractivity contribution in [3.8, 4) is 0 Å². The van der Waals surface area contributed by atoms with E-state index in [0.717, 1.165) is 11.0 Å². The standard InChI is InChI=1S/C16H15FN4OS/c1-2-14(15(22)19-11-6-4-3-5-10(11)17)23-16-20-12-7-8-18-9-13(12)21-16/h3-9,14H,2H2,1H3,(H,19,22)(H,20,21)/t14-/m0/s1. The average molecular weight is 330 g/mol. The summed E-state index contributed by atoms with van der Waals surface area (Å²) in [6.07, 6.45) is 3.95. The Balaban J connectivity index is 1.74. The van der Waals surface area contributed by atoms with E-state index >= 15 is 0 Å². The lowest BCUT2D eigenvalue weighted by Gasteiger charge is -2.13. The van der Waals surface area contributed by atoms with E-state index in [9.17, 15) is 9.18 Å². The molecule has 3 aromatic rings. The Morgan fingerprint density at radius 1 is 1.39 bits per heavy atom. The van der Waals surface area contributed by atoms with E-state index < -0.39 is 5.82 Å². The van der Waals surface area contributed by atoms with Crippen LogP contribution < -0.4 is 5.32 Å². The van der Waals surface area contributed by atoms with Gasteiger partial charge in [-0.15, -0.1) is 0 Å². The van der Waals surface area contributed by atoms with Gasteiger partial charge in [0, 0.05) is 6.20 Å². The molecule has 2 N–H and O–H groups in total. The molecule has 118 valence electrons. The van der Waals surface area contributed by atoms with E-state index in [0.29, 0.717) is 11.6 Å². The number of fused-ring (bicyclic) bond motifs is 1. The van der Waals surface area contributed by atoms with Gasteiger partial charge in [-0.2, -0.15) is 0 Å². The number of benzene rings is 1. The number of hydrogen-bond donors (Lipinski definition) is 2. The van der Waals surface area contributed by atoms with E-state index in [1.165, 1.54) is 23.9 Å². The van der Waals surface area contributed by atoms with Gasteiger partial charge in [0.15, 0.2) is 5.16 Å². The molecule has 0 aliphatic carbocycles. The lowest BCUT2D eigenvalue weighted by Crippen LogP contribution is -2.25. The molecule has 0 radical (unpaired) electrons. The van der Waals surface area contributed by atoms with Crippen LogP contribution >= 0.6 is 11.8 Å². The van der Waals surface area contributed by atoms with Crippen molar-refractivity contribution in [2.45, 2.75) is 23.8 Å². The highest BCUT2D eigenvalue weighted by molar-refractivity contribution is 8.00. The van der Waals surface area contributed by atoms with Gasteiger partial charge in [-0.3, -0.25) is 9.78 Å². The first-order chi connectivity index (χ1) is 11.2. The summed E-state index contributed by atoms with van der Waals surface area (Å²) in [6.45, 7) is 1.91. The summed E-state index contributed by atoms with van der Waals surface area (Å²) >= 11 is 1.32. The highest BCUT2D eigenvalue weighted by atomic mass is 32.2. The number of hydrogen-bond acceptors (Lipinski definition) is 4. The van der Waals surface area contributed by atoms with Crippen LogP contribution in [0.15, 0.2) is 47.9 Å². The number of imidazole rings is 1. The lowest BCUT2D eigenvalue weighted by atomic mass is 10.2. The van der Waals surface area contributed by atoms with Crippen LogP contribution in [-0.2, 0) is 4.79 Å². The third-order valence-electron chi connectivity index (χ3n) is 3.31. The molecule has 0 unspecified atom stereocenters. The zero-order chi connectivity index (χ0) is 16.2. The molecule has 1 atom stereocenters. The molecule has 0 fully saturated rings. The smallest absolute Gasteiger partial charge is 0.238 e. The first kappa shape index (κ1) is 15.5. The zero-order valence-electron chi connectivity index (χ0n) is 12.4. The molecule has 2 heterocycles. The summed E-state index contributed by atoms with van der Waals surface area (Å²) in [6, 6.07) is 7.92. The number of para-hydroxylation sites is 1. The quantitative estimate of drug-likeness (QED) is 0.701. The maximum Gasteiger partial charge on any atom is 0.238 e. The van der Waals surface area contributed by atoms with Gasteiger partial charge in [-0.05, 0) is 24.6 Å². The number of thioether (sulfide) groups is 1. The van der Waals surface area contributed by atoms with E-state index in [-0.39, 0.29) is 16.8 Å². The number of amides is 1. The summed E-state index contributed by atoms with van der Waals surface area (Å²) in [5.74, 6) is -0.698. The molecular weight excluding hydrogens is 315 g/mol. The topological polar surface area (TPSA) is 70.7 Å². The van der Waals surface area contributed by atoms with Crippen molar-refractivity contribution >= 4 is 34.4 Å². The number of nitrogens with one attached hydrogen (secondary N) is 2. The fraction of sp³-hybridized carbons (Fsp3) is 0.188. The average Bonchev–Trinajstić information content (AvgIpc) is 2.97. The van der Waals surface area contributed by atoms with Crippen LogP contribution in [0.3, 0.4) is 0 Å². The van der Waals surface area contributed by atoms with Gasteiger partial charge in [-0.25, -0.2) is 9.37 Å². The normalized spacial score (nSPS) is 12.3. The number of aromatic nitrogens is 3. The summed E-state index contributed by atoms with van der Waals surface area (Å²) in [5, 5.41) is 2.90. The molecule has 0 saturated carbocycles. The van der Waals surface area contributed by atoms with E-state index in [1.807, 2.05) is 6.92 Å². The molecule has 3 rings (SSSR count). The number of anilines is 1. The minimum atomic E-state index is -0.449. The number of nitrogens with zero attached hydrogens (tertiary/aromatic N) is 2. The van der Waals surface area contributed by atoms with Crippen LogP contribution in [0.5, 0.6) is 0 Å². The molecule has 1 amide bonds. The van der Waals surface area contributed by atoms with Crippen molar-refractivity contribution < 1.29 is 9.18 Å². The first-order valence-corrected chi connectivity index (χ1v) is 8.07. The van der Waals surface area contributed by atoms with Crippen molar-refractivity contribution in [3.05, 3.63) is 48.5 Å². The molecule has 23 heavy (non-hydrogen) atoms. The number of aromatic amines is 1. The highest BCUT2D eigenvalue weighted by Gasteiger charge is 2.20. The van der Waals surface area contributed by atoms with Crippen molar-refractivity contribution in [3.63, 3.8) is 0 Å². The van der Waals surface area contributed by atoms with Crippen molar-refractivity contribution in [1.82, 2.24) is 15.0 Å². The van der Waals surface area contributed by atoms with Crippen LogP contribution in [0.1, 0.15) is 13.3 Å². The summed E-state index contributed by atoms with van der Waals surface area (Å²) in [4.78, 5) is 23.9. The predicted molar refractivity (Wildman–Crippen MR) is 88.9 cm³/mol. The molecule has 7 heteroatoms. The molecule has 1 aromatic carbocycles. The summed E-state index contributed by atoms with van der Waals surface area (Å²) < 4.78 is 13.6. The van der Waals surface area contributed by atoms with E-state index in [2.05, 4.69) is 20.3 Å². The summed E-state index contributed by atoms with van der Waals surface area (Å²) in [7, 11) is 0. The maximum atomic E-state index is 13.6. The predicted octanol–water partition coefficient (Wildman–Crippen LogP) is 3.61. The number of pyridine rings is 1. The van der Waals surface area contributed by atoms with Gasteiger partial charge in [0.2, 0.25) is 5.91 Å². The fourth-order valence-electron chi connectivity index (χ4n) is 2.12. The third-order valence-corrected chi connectivity index (χ3v) is 4.56. The molecule has 0 saturated heterocycles. The van der Waals surface area contributed by atoms with Crippen LogP contribution in [0.4, 0.5) is 10.1 Å². The number of carbonyl (C=O) groups is 1. The molecule has 0 aliphatic heterocycles. The number of H-pyrrole nitrogens is 1. The minimum Gasteiger partial charge on any atom is -0.332 e. The van der Waals surface area contributed by atoms with Gasteiger partial charge in [0.1, 0.15) is 5.82 Å². The van der Waals surface area contributed by atoms with Crippen LogP contribution in [0.25, 0.3) is 11.0 Å². The highest BCUT2D eigenvalue weighted by Crippen LogP contribution is 2.26. The van der Waals surface area contributed by atoms with Crippen molar-refractivity contribution in [1.29, 1.82) is 0 Å². The van der Waals surface area contributed by atoms with Crippen LogP contribution in [0, 0.1) is 5.82 Å². The van der Waals surface area contributed by atoms with Crippen LogP contribution in [-0.4, -0.2) is 26.1 Å². The Bertz CT molecular complexity index is 803. The van der Waals surface area contributed by atoms with Gasteiger partial charge in [0.05, 0.1) is 28.2 Å². The molecule has 0 spiro atoms. The lowest BCUT2D eigenvalue weighted by molar-refractivity contribution is -0.115. The van der Waals surface area contributed by atoms with E-state index in [4.69, 9.17) is 0 Å². The van der Waals surface area contributed by atoms with E-state index in [1.54, 1.807) is 30.6 Å². The molecular formula is C16H15FN4OS. The largest absolute Gasteiger partial charge is 0.332 e. The van der Waals surface area contributed by atoms with Gasteiger partial charge in [-0.1, -0.05) is 30.8 Å². The second-order valence-electron chi connectivity index (χ2n) is 4.92. The molecule has 0 aliphatic rings. The van der Waals surface area contributed by atoms with Gasteiger partial charge < -0.3 is 10.3 Å². The van der Waals surface area contributed by atoms with Crippen molar-refractivity contribution in [2.75, 3.05) is 5.32 Å². The summed E-state index contributed by atoms with van der Waals surface area (Å²) in [5.41, 5.74) is 1.80. The van der Waals surface area contributed by atoms with Crippen LogP contribution in [0.2, 0.25) is 0 Å². The molecule has 2 aromatic heterocycles. The monoisotopic (exact) mass is 330 g/mol.